The third-order valence-corrected chi connectivity index (χ3v) is 2.23. The number of anilines is 2. The normalized spacial score (nSPS) is 10.2. The van der Waals surface area contributed by atoms with Gasteiger partial charge >= 0.3 is 6.01 Å². The topological polar surface area (TPSA) is 72.4 Å². The lowest BCUT2D eigenvalue weighted by atomic mass is 10.5. The van der Waals surface area contributed by atoms with Crippen LogP contribution < -0.4 is 15.0 Å². The van der Waals surface area contributed by atoms with Gasteiger partial charge in [-0.3, -0.25) is 0 Å². The van der Waals surface area contributed by atoms with Crippen molar-refractivity contribution in [3.63, 3.8) is 0 Å². The second-order valence-electron chi connectivity index (χ2n) is 3.75. The molecule has 0 radical (unpaired) electrons. The van der Waals surface area contributed by atoms with Crippen LogP contribution in [0.15, 0.2) is 0 Å². The van der Waals surface area contributed by atoms with E-state index in [1.807, 2.05) is 18.9 Å². The summed E-state index contributed by atoms with van der Waals surface area (Å²) in [5.41, 5.74) is 0. The molecule has 0 spiro atoms. The Bertz CT molecular complexity index is 361. The highest BCUT2D eigenvalue weighted by atomic mass is 16.5. The third-order valence-electron chi connectivity index (χ3n) is 2.23. The minimum absolute atomic E-state index is 0.343. The number of nitrogens with one attached hydrogen (secondary N) is 1. The van der Waals surface area contributed by atoms with E-state index in [2.05, 4.69) is 20.3 Å². The number of rotatable bonds is 8. The van der Waals surface area contributed by atoms with Crippen LogP contribution in [0.2, 0.25) is 0 Å². The molecule has 0 aliphatic heterocycles. The summed E-state index contributed by atoms with van der Waals surface area (Å²) in [6, 6.07) is 0.343. The van der Waals surface area contributed by atoms with Gasteiger partial charge in [-0.2, -0.15) is 15.0 Å². The Kier molecular flexibility index (Phi) is 6.13. The number of ether oxygens (including phenoxy) is 2. The van der Waals surface area contributed by atoms with Crippen LogP contribution in [-0.2, 0) is 4.74 Å². The lowest BCUT2D eigenvalue weighted by Gasteiger charge is -2.17. The van der Waals surface area contributed by atoms with E-state index in [0.29, 0.717) is 37.7 Å². The van der Waals surface area contributed by atoms with Crippen molar-refractivity contribution in [2.45, 2.75) is 13.3 Å². The summed E-state index contributed by atoms with van der Waals surface area (Å²) in [5.74, 6) is 1.06. The second-order valence-corrected chi connectivity index (χ2v) is 3.75. The lowest BCUT2D eigenvalue weighted by molar-refractivity contribution is 0.206. The zero-order valence-electron chi connectivity index (χ0n) is 11.4. The largest absolute Gasteiger partial charge is 0.463 e. The van der Waals surface area contributed by atoms with Gasteiger partial charge in [-0.15, -0.1) is 0 Å². The first-order valence-electron chi connectivity index (χ1n) is 5.98. The Hall–Kier alpha value is -1.63. The minimum atomic E-state index is 0.343. The summed E-state index contributed by atoms with van der Waals surface area (Å²) in [4.78, 5) is 14.6. The molecule has 102 valence electrons. The lowest BCUT2D eigenvalue weighted by Crippen LogP contribution is -2.25. The molecule has 0 saturated heterocycles. The molecule has 0 atom stereocenters. The van der Waals surface area contributed by atoms with Gasteiger partial charge in [0.1, 0.15) is 0 Å². The Morgan fingerprint density at radius 1 is 1.22 bits per heavy atom. The Labute approximate surface area is 108 Å². The molecule has 1 aromatic heterocycles. The Morgan fingerprint density at radius 3 is 2.61 bits per heavy atom. The van der Waals surface area contributed by atoms with E-state index in [4.69, 9.17) is 9.47 Å². The molecular weight excluding hydrogens is 234 g/mol. The summed E-state index contributed by atoms with van der Waals surface area (Å²) in [7, 11) is 5.32. The third kappa shape index (κ3) is 4.33. The highest BCUT2D eigenvalue weighted by Gasteiger charge is 2.10. The molecule has 1 aromatic rings. The van der Waals surface area contributed by atoms with Crippen molar-refractivity contribution in [2.24, 2.45) is 0 Å². The first-order valence-corrected chi connectivity index (χ1v) is 5.98. The molecule has 0 aliphatic rings. The molecule has 0 fully saturated rings. The monoisotopic (exact) mass is 255 g/mol. The molecule has 7 heteroatoms. The Morgan fingerprint density at radius 2 is 2.00 bits per heavy atom. The van der Waals surface area contributed by atoms with E-state index in [1.54, 1.807) is 14.2 Å². The van der Waals surface area contributed by atoms with Gasteiger partial charge in [0.15, 0.2) is 0 Å². The quantitative estimate of drug-likeness (QED) is 0.736. The predicted molar refractivity (Wildman–Crippen MR) is 70.3 cm³/mol. The van der Waals surface area contributed by atoms with Gasteiger partial charge in [-0.05, 0) is 6.42 Å². The fraction of sp³-hybridized carbons (Fsp3) is 0.727. The molecule has 1 N–H and O–H groups in total. The van der Waals surface area contributed by atoms with Gasteiger partial charge in [-0.1, -0.05) is 6.92 Å². The fourth-order valence-corrected chi connectivity index (χ4v) is 1.21. The summed E-state index contributed by atoms with van der Waals surface area (Å²) in [6.07, 6.45) is 0.912. The first-order chi connectivity index (χ1) is 8.71. The summed E-state index contributed by atoms with van der Waals surface area (Å²) in [5, 5.41) is 2.90. The molecule has 18 heavy (non-hydrogen) atoms. The van der Waals surface area contributed by atoms with E-state index < -0.39 is 0 Å². The van der Waals surface area contributed by atoms with Crippen molar-refractivity contribution in [3.05, 3.63) is 0 Å². The average molecular weight is 255 g/mol. The van der Waals surface area contributed by atoms with Gasteiger partial charge in [0, 0.05) is 27.7 Å². The zero-order valence-corrected chi connectivity index (χ0v) is 11.4. The fourth-order valence-electron chi connectivity index (χ4n) is 1.21. The second kappa shape index (κ2) is 7.65. The van der Waals surface area contributed by atoms with Crippen LogP contribution >= 0.6 is 0 Å². The molecule has 0 aliphatic carbocycles. The highest BCUT2D eigenvalue weighted by Crippen LogP contribution is 2.13. The molecule has 1 rings (SSSR count). The van der Waals surface area contributed by atoms with Crippen LogP contribution in [0.5, 0.6) is 6.01 Å². The van der Waals surface area contributed by atoms with Crippen LogP contribution in [0.3, 0.4) is 0 Å². The van der Waals surface area contributed by atoms with Crippen molar-refractivity contribution in [2.75, 3.05) is 51.2 Å². The maximum atomic E-state index is 5.43. The number of hydrogen-bond acceptors (Lipinski definition) is 7. The van der Waals surface area contributed by atoms with Crippen LogP contribution in [0, 0.1) is 0 Å². The summed E-state index contributed by atoms with van der Waals surface area (Å²) in [6.45, 7) is 3.94. The molecule has 0 bridgehead atoms. The molecule has 0 unspecified atom stereocenters. The van der Waals surface area contributed by atoms with Crippen molar-refractivity contribution in [3.8, 4) is 6.01 Å². The van der Waals surface area contributed by atoms with Gasteiger partial charge in [0.25, 0.3) is 0 Å². The highest BCUT2D eigenvalue weighted by molar-refractivity contribution is 5.37. The molecule has 1 heterocycles. The van der Waals surface area contributed by atoms with Crippen LogP contribution in [0.25, 0.3) is 0 Å². The van der Waals surface area contributed by atoms with Gasteiger partial charge in [0.05, 0.1) is 13.2 Å². The maximum absolute atomic E-state index is 5.43. The minimum Gasteiger partial charge on any atom is -0.463 e. The van der Waals surface area contributed by atoms with Crippen LogP contribution in [-0.4, -0.2) is 55.9 Å². The SMILES string of the molecule is CCCOc1nc(NC)nc(N(C)CCOC)n1. The standard InChI is InChI=1S/C11H21N5O2/c1-5-7-18-11-14-9(12-2)13-10(15-11)16(3)6-8-17-4/h5-8H2,1-4H3,(H,12,13,14,15). The number of likely N-dealkylation sites (N-methyl/N-ethyl adjacent to an activating group) is 1. The first kappa shape index (κ1) is 14.4. The van der Waals surface area contributed by atoms with E-state index in [1.165, 1.54) is 0 Å². The number of nitrogens with zero attached hydrogens (tertiary/aromatic N) is 4. The molecular formula is C11H21N5O2. The number of hydrogen-bond donors (Lipinski definition) is 1. The zero-order chi connectivity index (χ0) is 13.4. The summed E-state index contributed by atoms with van der Waals surface area (Å²) < 4.78 is 10.5. The molecule has 0 amide bonds. The van der Waals surface area contributed by atoms with E-state index in [0.717, 1.165) is 6.42 Å². The van der Waals surface area contributed by atoms with Gasteiger partial charge < -0.3 is 19.7 Å². The van der Waals surface area contributed by atoms with E-state index in [-0.39, 0.29) is 0 Å². The smallest absolute Gasteiger partial charge is 0.323 e. The summed E-state index contributed by atoms with van der Waals surface area (Å²) >= 11 is 0. The number of methoxy groups -OCH3 is 1. The van der Waals surface area contributed by atoms with Gasteiger partial charge in [0.2, 0.25) is 11.9 Å². The number of aromatic nitrogens is 3. The maximum Gasteiger partial charge on any atom is 0.323 e. The van der Waals surface area contributed by atoms with Crippen molar-refractivity contribution >= 4 is 11.9 Å². The molecule has 0 aromatic carbocycles. The van der Waals surface area contributed by atoms with Gasteiger partial charge in [-0.25, -0.2) is 0 Å². The van der Waals surface area contributed by atoms with Crippen molar-refractivity contribution in [1.82, 2.24) is 15.0 Å². The van der Waals surface area contributed by atoms with Crippen molar-refractivity contribution in [1.29, 1.82) is 0 Å². The van der Waals surface area contributed by atoms with Crippen LogP contribution in [0.4, 0.5) is 11.9 Å². The van der Waals surface area contributed by atoms with Crippen LogP contribution in [0.1, 0.15) is 13.3 Å². The Balaban J connectivity index is 2.81. The van der Waals surface area contributed by atoms with E-state index >= 15 is 0 Å². The average Bonchev–Trinajstić information content (AvgIpc) is 2.41. The molecule has 0 saturated carbocycles. The van der Waals surface area contributed by atoms with E-state index in [9.17, 15) is 0 Å². The van der Waals surface area contributed by atoms with Crippen molar-refractivity contribution < 1.29 is 9.47 Å². The molecule has 7 nitrogen and oxygen atoms in total. The predicted octanol–water partition coefficient (Wildman–Crippen LogP) is 0.785.